The summed E-state index contributed by atoms with van der Waals surface area (Å²) < 4.78 is 0. The van der Waals surface area contributed by atoms with Gasteiger partial charge in [0.2, 0.25) is 11.8 Å². The highest BCUT2D eigenvalue weighted by molar-refractivity contribution is 6.30. The highest BCUT2D eigenvalue weighted by atomic mass is 35.5. The second-order valence-electron chi connectivity index (χ2n) is 5.84. The van der Waals surface area contributed by atoms with Gasteiger partial charge in [0.1, 0.15) is 0 Å². The topological polar surface area (TPSA) is 105 Å². The number of halogens is 1. The monoisotopic (exact) mass is 342 g/mol. The van der Waals surface area contributed by atoms with E-state index in [4.69, 9.17) is 11.6 Å². The van der Waals surface area contributed by atoms with Gasteiger partial charge in [-0.2, -0.15) is 10.5 Å². The lowest BCUT2D eigenvalue weighted by molar-refractivity contribution is -0.151. The highest BCUT2D eigenvalue weighted by Gasteiger charge is 2.89. The molecule has 0 bridgehead atoms. The molecule has 1 saturated carbocycles. The third-order valence-electron chi connectivity index (χ3n) is 4.80. The van der Waals surface area contributed by atoms with Gasteiger partial charge >= 0.3 is 6.03 Å². The van der Waals surface area contributed by atoms with Crippen LogP contribution in [0, 0.1) is 33.5 Å². The third-order valence-corrected chi connectivity index (χ3v) is 5.03. The minimum atomic E-state index is -1.93. The molecule has 1 spiro atoms. The van der Waals surface area contributed by atoms with E-state index in [1.54, 1.807) is 18.2 Å². The van der Waals surface area contributed by atoms with Gasteiger partial charge in [0, 0.05) is 25.0 Å². The van der Waals surface area contributed by atoms with Gasteiger partial charge in [-0.3, -0.25) is 19.4 Å². The fourth-order valence-electron chi connectivity index (χ4n) is 3.59. The normalized spacial score (nSPS) is 23.9. The van der Waals surface area contributed by atoms with Crippen molar-refractivity contribution >= 4 is 29.4 Å². The number of amides is 4. The third kappa shape index (κ3) is 1.52. The lowest BCUT2D eigenvalue weighted by Crippen LogP contribution is -2.59. The Labute approximate surface area is 142 Å². The number of imide groups is 2. The Morgan fingerprint density at radius 3 is 2.08 bits per heavy atom. The molecule has 0 radical (unpaired) electrons. The molecule has 120 valence electrons. The number of urea groups is 1. The summed E-state index contributed by atoms with van der Waals surface area (Å²) in [6.07, 6.45) is 0. The van der Waals surface area contributed by atoms with E-state index in [-0.39, 0.29) is 0 Å². The molecule has 1 atom stereocenters. The van der Waals surface area contributed by atoms with Crippen molar-refractivity contribution in [3.05, 3.63) is 34.9 Å². The van der Waals surface area contributed by atoms with E-state index in [1.807, 2.05) is 12.1 Å². The van der Waals surface area contributed by atoms with Gasteiger partial charge in [-0.05, 0) is 17.7 Å². The van der Waals surface area contributed by atoms with E-state index >= 15 is 0 Å². The molecule has 1 unspecified atom stereocenters. The van der Waals surface area contributed by atoms with E-state index in [2.05, 4.69) is 0 Å². The number of hydrogen-bond donors (Lipinski definition) is 0. The van der Waals surface area contributed by atoms with Gasteiger partial charge < -0.3 is 0 Å². The van der Waals surface area contributed by atoms with Crippen molar-refractivity contribution < 1.29 is 14.4 Å². The molecule has 3 rings (SSSR count). The molecule has 1 aliphatic heterocycles. The second kappa shape index (κ2) is 4.80. The van der Waals surface area contributed by atoms with Crippen LogP contribution in [0.5, 0.6) is 0 Å². The average molecular weight is 343 g/mol. The first kappa shape index (κ1) is 16.0. The predicted octanol–water partition coefficient (Wildman–Crippen LogP) is 1.51. The summed E-state index contributed by atoms with van der Waals surface area (Å²) in [5, 5.41) is 19.6. The Balaban J connectivity index is 2.27. The lowest BCUT2D eigenvalue weighted by atomic mass is 9.90. The summed E-state index contributed by atoms with van der Waals surface area (Å²) in [6.45, 7) is 0. The number of nitriles is 2. The summed E-state index contributed by atoms with van der Waals surface area (Å²) in [7, 11) is 2.45. The Morgan fingerprint density at radius 1 is 1.08 bits per heavy atom. The molecular formula is C16H11ClN4O3. The lowest BCUT2D eigenvalue weighted by Gasteiger charge is -2.34. The molecule has 2 aliphatic rings. The standard InChI is InChI=1S/C16H11ClN4O3/c1-20-12(22)16(13(23)21(2)14(20)24)11(15(16,7-18)8-19)9-4-3-5-10(17)6-9/h3-6,11H,1-2H3. The molecule has 2 fully saturated rings. The summed E-state index contributed by atoms with van der Waals surface area (Å²) in [6, 6.07) is 9.21. The molecule has 24 heavy (non-hydrogen) atoms. The van der Waals surface area contributed by atoms with Crippen LogP contribution in [-0.4, -0.2) is 41.7 Å². The van der Waals surface area contributed by atoms with Gasteiger partial charge in [0.25, 0.3) is 0 Å². The molecule has 7 nitrogen and oxygen atoms in total. The van der Waals surface area contributed by atoms with Crippen LogP contribution in [0.15, 0.2) is 24.3 Å². The van der Waals surface area contributed by atoms with Crippen LogP contribution in [0.4, 0.5) is 4.79 Å². The first-order chi connectivity index (χ1) is 11.3. The van der Waals surface area contributed by atoms with Crippen LogP contribution >= 0.6 is 11.6 Å². The van der Waals surface area contributed by atoms with Crippen molar-refractivity contribution in [2.75, 3.05) is 14.1 Å². The number of rotatable bonds is 1. The number of nitrogens with zero attached hydrogens (tertiary/aromatic N) is 4. The number of benzene rings is 1. The van der Waals surface area contributed by atoms with Crippen LogP contribution in [0.1, 0.15) is 11.5 Å². The van der Waals surface area contributed by atoms with E-state index in [0.29, 0.717) is 10.6 Å². The molecule has 1 aromatic rings. The summed E-state index contributed by atoms with van der Waals surface area (Å²) in [5.41, 5.74) is -3.38. The molecular weight excluding hydrogens is 332 g/mol. The minimum Gasteiger partial charge on any atom is -0.273 e. The van der Waals surface area contributed by atoms with Crippen molar-refractivity contribution in [2.45, 2.75) is 5.92 Å². The number of carbonyl (C=O) groups is 3. The molecule has 1 saturated heterocycles. The van der Waals surface area contributed by atoms with Crippen LogP contribution in [-0.2, 0) is 9.59 Å². The largest absolute Gasteiger partial charge is 0.332 e. The van der Waals surface area contributed by atoms with Crippen LogP contribution in [0.3, 0.4) is 0 Å². The molecule has 1 heterocycles. The summed E-state index contributed by atoms with van der Waals surface area (Å²) in [5.74, 6) is -2.68. The van der Waals surface area contributed by atoms with Crippen molar-refractivity contribution in [3.63, 3.8) is 0 Å². The van der Waals surface area contributed by atoms with Gasteiger partial charge in [-0.1, -0.05) is 23.7 Å². The maximum Gasteiger partial charge on any atom is 0.332 e. The van der Waals surface area contributed by atoms with Crippen LogP contribution in [0.2, 0.25) is 5.02 Å². The van der Waals surface area contributed by atoms with E-state index in [9.17, 15) is 24.9 Å². The SMILES string of the molecule is CN1C(=O)N(C)C(=O)C2(C1=O)C(c1cccc(Cl)c1)C2(C#N)C#N. The maximum atomic E-state index is 12.8. The van der Waals surface area contributed by atoms with Crippen molar-refractivity contribution in [2.24, 2.45) is 10.8 Å². The van der Waals surface area contributed by atoms with Crippen LogP contribution < -0.4 is 0 Å². The van der Waals surface area contributed by atoms with Gasteiger partial charge in [-0.15, -0.1) is 0 Å². The summed E-state index contributed by atoms with van der Waals surface area (Å²) in [4.78, 5) is 39.1. The number of barbiturate groups is 1. The molecule has 1 aromatic carbocycles. The second-order valence-corrected chi connectivity index (χ2v) is 6.27. The maximum absolute atomic E-state index is 12.8. The first-order valence-corrected chi connectivity index (χ1v) is 7.35. The first-order valence-electron chi connectivity index (χ1n) is 6.97. The molecule has 0 N–H and O–H groups in total. The Hall–Kier alpha value is -2.90. The van der Waals surface area contributed by atoms with Gasteiger partial charge in [0.15, 0.2) is 10.8 Å². The van der Waals surface area contributed by atoms with Gasteiger partial charge in [-0.25, -0.2) is 4.79 Å². The molecule has 4 amide bonds. The van der Waals surface area contributed by atoms with Gasteiger partial charge in [0.05, 0.1) is 12.1 Å². The molecule has 1 aliphatic carbocycles. The van der Waals surface area contributed by atoms with Crippen molar-refractivity contribution in [1.29, 1.82) is 10.5 Å². The smallest absolute Gasteiger partial charge is 0.273 e. The van der Waals surface area contributed by atoms with E-state index < -0.39 is 34.6 Å². The molecule has 8 heteroatoms. The Kier molecular flexibility index (Phi) is 3.19. The zero-order chi connectivity index (χ0) is 17.9. The number of hydrogen-bond acceptors (Lipinski definition) is 5. The highest BCUT2D eigenvalue weighted by Crippen LogP contribution is 2.75. The van der Waals surface area contributed by atoms with Crippen LogP contribution in [0.25, 0.3) is 0 Å². The summed E-state index contributed by atoms with van der Waals surface area (Å²) >= 11 is 5.97. The molecule has 0 aromatic heterocycles. The number of carbonyl (C=O) groups excluding carboxylic acids is 3. The average Bonchev–Trinajstić information content (AvgIpc) is 3.21. The van der Waals surface area contributed by atoms with Crippen molar-refractivity contribution in [3.8, 4) is 12.1 Å². The Bertz CT molecular complexity index is 844. The quantitative estimate of drug-likeness (QED) is 0.719. The Morgan fingerprint density at radius 2 is 1.62 bits per heavy atom. The fourth-order valence-corrected chi connectivity index (χ4v) is 3.79. The van der Waals surface area contributed by atoms with E-state index in [1.165, 1.54) is 20.2 Å². The zero-order valence-electron chi connectivity index (χ0n) is 12.8. The minimum absolute atomic E-state index is 0.354. The zero-order valence-corrected chi connectivity index (χ0v) is 13.5. The predicted molar refractivity (Wildman–Crippen MR) is 81.2 cm³/mol. The fraction of sp³-hybridized carbons (Fsp3) is 0.312. The van der Waals surface area contributed by atoms with E-state index in [0.717, 1.165) is 9.80 Å². The van der Waals surface area contributed by atoms with Crippen molar-refractivity contribution in [1.82, 2.24) is 9.80 Å².